The maximum absolute atomic E-state index is 13.2. The molecule has 29 heavy (non-hydrogen) atoms. The molecule has 1 aliphatic heterocycles. The molecule has 1 saturated heterocycles. The molecule has 0 bridgehead atoms. The lowest BCUT2D eigenvalue weighted by atomic mass is 10.0. The van der Waals surface area contributed by atoms with E-state index in [1.165, 1.54) is 5.39 Å². The molecule has 148 valence electrons. The first kappa shape index (κ1) is 19.6. The number of hydrogen-bond donors (Lipinski definition) is 0. The van der Waals surface area contributed by atoms with Gasteiger partial charge in [0.15, 0.2) is 0 Å². The summed E-state index contributed by atoms with van der Waals surface area (Å²) >= 11 is 3.40. The van der Waals surface area contributed by atoms with Gasteiger partial charge in [-0.15, -0.1) is 0 Å². The van der Waals surface area contributed by atoms with Gasteiger partial charge in [0, 0.05) is 30.2 Å². The molecule has 0 saturated carbocycles. The Morgan fingerprint density at radius 2 is 1.76 bits per heavy atom. The van der Waals surface area contributed by atoms with Gasteiger partial charge in [-0.05, 0) is 53.4 Å². The summed E-state index contributed by atoms with van der Waals surface area (Å²) in [5.74, 6) is -0.0761. The van der Waals surface area contributed by atoms with E-state index >= 15 is 0 Å². The van der Waals surface area contributed by atoms with Gasteiger partial charge in [0.2, 0.25) is 5.91 Å². The minimum Gasteiger partial charge on any atom is -0.340 e. The summed E-state index contributed by atoms with van der Waals surface area (Å²) in [7, 11) is 1.82. The standard InChI is InChI=1S/C24H23BrN2O2/c1-26(16-19-8-4-7-17-6-2-3-9-21(17)19)24(29)22-10-5-15-27(22)23(28)18-11-13-20(25)14-12-18/h2-4,6-9,11-14,22H,5,10,15-16H2,1H3. The number of likely N-dealkylation sites (N-methyl/N-ethyl adjacent to an activating group) is 1. The molecule has 1 atom stereocenters. The molecule has 0 aromatic heterocycles. The Labute approximate surface area is 179 Å². The topological polar surface area (TPSA) is 40.6 Å². The van der Waals surface area contributed by atoms with Crippen molar-refractivity contribution in [1.82, 2.24) is 9.80 Å². The average molecular weight is 451 g/mol. The average Bonchev–Trinajstić information content (AvgIpc) is 3.23. The zero-order valence-electron chi connectivity index (χ0n) is 16.3. The molecule has 1 aliphatic rings. The molecule has 0 N–H and O–H groups in total. The van der Waals surface area contributed by atoms with E-state index in [-0.39, 0.29) is 11.8 Å². The Balaban J connectivity index is 1.51. The summed E-state index contributed by atoms with van der Waals surface area (Å²) < 4.78 is 0.929. The first-order valence-electron chi connectivity index (χ1n) is 9.83. The monoisotopic (exact) mass is 450 g/mol. The van der Waals surface area contributed by atoms with E-state index in [0.29, 0.717) is 25.1 Å². The fourth-order valence-corrected chi connectivity index (χ4v) is 4.31. The van der Waals surface area contributed by atoms with Gasteiger partial charge in [-0.2, -0.15) is 0 Å². The predicted octanol–water partition coefficient (Wildman–Crippen LogP) is 4.87. The third-order valence-electron chi connectivity index (χ3n) is 5.55. The van der Waals surface area contributed by atoms with Crippen LogP contribution < -0.4 is 0 Å². The predicted molar refractivity (Wildman–Crippen MR) is 119 cm³/mol. The molecule has 0 radical (unpaired) electrons. The third-order valence-corrected chi connectivity index (χ3v) is 6.08. The highest BCUT2D eigenvalue weighted by atomic mass is 79.9. The van der Waals surface area contributed by atoms with Gasteiger partial charge in [0.25, 0.3) is 5.91 Å². The number of halogens is 1. The fraction of sp³-hybridized carbons (Fsp3) is 0.250. The number of nitrogens with zero attached hydrogens (tertiary/aromatic N) is 2. The Morgan fingerprint density at radius 3 is 2.55 bits per heavy atom. The summed E-state index contributed by atoms with van der Waals surface area (Å²) in [6, 6.07) is 21.3. The van der Waals surface area contributed by atoms with E-state index in [1.54, 1.807) is 21.9 Å². The van der Waals surface area contributed by atoms with Crippen LogP contribution in [-0.4, -0.2) is 41.2 Å². The largest absolute Gasteiger partial charge is 0.340 e. The minimum atomic E-state index is -0.397. The Hall–Kier alpha value is -2.66. The maximum Gasteiger partial charge on any atom is 0.254 e. The molecular weight excluding hydrogens is 428 g/mol. The first-order chi connectivity index (χ1) is 14.0. The second kappa shape index (κ2) is 8.37. The summed E-state index contributed by atoms with van der Waals surface area (Å²) in [6.07, 6.45) is 1.56. The van der Waals surface area contributed by atoms with Crippen molar-refractivity contribution in [3.63, 3.8) is 0 Å². The molecular formula is C24H23BrN2O2. The van der Waals surface area contributed by atoms with Crippen molar-refractivity contribution in [3.05, 3.63) is 82.3 Å². The van der Waals surface area contributed by atoms with Gasteiger partial charge < -0.3 is 9.80 Å². The fourth-order valence-electron chi connectivity index (χ4n) is 4.04. The van der Waals surface area contributed by atoms with Crippen LogP contribution in [0.1, 0.15) is 28.8 Å². The Bertz CT molecular complexity index is 1040. The van der Waals surface area contributed by atoms with E-state index in [9.17, 15) is 9.59 Å². The third kappa shape index (κ3) is 4.06. The SMILES string of the molecule is CN(Cc1cccc2ccccc12)C(=O)C1CCCN1C(=O)c1ccc(Br)cc1. The molecule has 0 spiro atoms. The van der Waals surface area contributed by atoms with Crippen LogP contribution in [0.3, 0.4) is 0 Å². The second-order valence-electron chi connectivity index (χ2n) is 7.50. The molecule has 5 heteroatoms. The normalized spacial score (nSPS) is 16.2. The molecule has 0 aliphatic carbocycles. The van der Waals surface area contributed by atoms with E-state index < -0.39 is 6.04 Å². The quantitative estimate of drug-likeness (QED) is 0.568. The van der Waals surface area contributed by atoms with E-state index in [2.05, 4.69) is 40.2 Å². The first-order valence-corrected chi connectivity index (χ1v) is 10.6. The zero-order chi connectivity index (χ0) is 20.4. The molecule has 1 heterocycles. The van der Waals surface area contributed by atoms with Crippen LogP contribution in [-0.2, 0) is 11.3 Å². The van der Waals surface area contributed by atoms with Gasteiger partial charge in [0.1, 0.15) is 6.04 Å². The maximum atomic E-state index is 13.2. The Morgan fingerprint density at radius 1 is 1.03 bits per heavy atom. The van der Waals surface area contributed by atoms with Crippen molar-refractivity contribution in [1.29, 1.82) is 0 Å². The van der Waals surface area contributed by atoms with Gasteiger partial charge >= 0.3 is 0 Å². The number of carbonyl (C=O) groups excluding carboxylic acids is 2. The van der Waals surface area contributed by atoms with Crippen LogP contribution in [0.2, 0.25) is 0 Å². The van der Waals surface area contributed by atoms with Crippen LogP contribution in [0.15, 0.2) is 71.2 Å². The molecule has 3 aromatic rings. The number of amides is 2. The van der Waals surface area contributed by atoms with Crippen LogP contribution in [0.5, 0.6) is 0 Å². The van der Waals surface area contributed by atoms with Gasteiger partial charge in [0.05, 0.1) is 0 Å². The van der Waals surface area contributed by atoms with Crippen molar-refractivity contribution < 1.29 is 9.59 Å². The molecule has 3 aromatic carbocycles. The zero-order valence-corrected chi connectivity index (χ0v) is 17.9. The van der Waals surface area contributed by atoms with Crippen molar-refractivity contribution in [2.75, 3.05) is 13.6 Å². The smallest absolute Gasteiger partial charge is 0.254 e. The molecule has 1 unspecified atom stereocenters. The summed E-state index contributed by atoms with van der Waals surface area (Å²) in [5, 5.41) is 2.32. The molecule has 4 nitrogen and oxygen atoms in total. The van der Waals surface area contributed by atoms with Crippen LogP contribution >= 0.6 is 15.9 Å². The van der Waals surface area contributed by atoms with Crippen molar-refractivity contribution in [2.24, 2.45) is 0 Å². The van der Waals surface area contributed by atoms with Crippen LogP contribution in [0.4, 0.5) is 0 Å². The molecule has 1 fully saturated rings. The highest BCUT2D eigenvalue weighted by Crippen LogP contribution is 2.24. The Kier molecular flexibility index (Phi) is 5.67. The van der Waals surface area contributed by atoms with E-state index in [4.69, 9.17) is 0 Å². The number of hydrogen-bond acceptors (Lipinski definition) is 2. The van der Waals surface area contributed by atoms with Crippen molar-refractivity contribution in [3.8, 4) is 0 Å². The van der Waals surface area contributed by atoms with Gasteiger partial charge in [-0.25, -0.2) is 0 Å². The van der Waals surface area contributed by atoms with Gasteiger partial charge in [-0.3, -0.25) is 9.59 Å². The lowest BCUT2D eigenvalue weighted by molar-refractivity contribution is -0.134. The van der Waals surface area contributed by atoms with E-state index in [1.807, 2.05) is 37.4 Å². The van der Waals surface area contributed by atoms with Crippen molar-refractivity contribution >= 4 is 38.5 Å². The number of benzene rings is 3. The van der Waals surface area contributed by atoms with Crippen LogP contribution in [0.25, 0.3) is 10.8 Å². The number of rotatable bonds is 4. The van der Waals surface area contributed by atoms with Crippen LogP contribution in [0, 0.1) is 0 Å². The van der Waals surface area contributed by atoms with Gasteiger partial charge in [-0.1, -0.05) is 58.4 Å². The number of likely N-dealkylation sites (tertiary alicyclic amines) is 1. The lowest BCUT2D eigenvalue weighted by Crippen LogP contribution is -2.46. The van der Waals surface area contributed by atoms with Crippen molar-refractivity contribution in [2.45, 2.75) is 25.4 Å². The van der Waals surface area contributed by atoms with E-state index in [0.717, 1.165) is 21.8 Å². The molecule has 4 rings (SSSR count). The second-order valence-corrected chi connectivity index (χ2v) is 8.41. The lowest BCUT2D eigenvalue weighted by Gasteiger charge is -2.28. The highest BCUT2D eigenvalue weighted by molar-refractivity contribution is 9.10. The molecule has 2 amide bonds. The summed E-state index contributed by atoms with van der Waals surface area (Å²) in [6.45, 7) is 1.14. The summed E-state index contributed by atoms with van der Waals surface area (Å²) in [5.41, 5.74) is 1.73. The number of fused-ring (bicyclic) bond motifs is 1. The summed E-state index contributed by atoms with van der Waals surface area (Å²) in [4.78, 5) is 29.7. The minimum absolute atomic E-state index is 0.000830. The highest BCUT2D eigenvalue weighted by Gasteiger charge is 2.36. The number of carbonyl (C=O) groups is 2.